The topological polar surface area (TPSA) is 47.6 Å². The van der Waals surface area contributed by atoms with Gasteiger partial charge in [-0.25, -0.2) is 0 Å². The molecule has 4 rings (SSSR count). The van der Waals surface area contributed by atoms with Crippen LogP contribution >= 0.6 is 0 Å². The smallest absolute Gasteiger partial charge is 0.262 e. The van der Waals surface area contributed by atoms with Gasteiger partial charge in [0.2, 0.25) is 0 Å². The Bertz CT molecular complexity index is 979. The molecule has 0 fully saturated rings. The minimum atomic E-state index is -0.187. The van der Waals surface area contributed by atoms with Crippen LogP contribution in [0.1, 0.15) is 23.1 Å². The molecule has 0 aromatic heterocycles. The Morgan fingerprint density at radius 1 is 0.893 bits per heavy atom. The van der Waals surface area contributed by atoms with Crippen molar-refractivity contribution in [3.63, 3.8) is 0 Å². The molecule has 142 valence electrons. The molecule has 1 amide bonds. The van der Waals surface area contributed by atoms with Crippen LogP contribution in [0.5, 0.6) is 17.2 Å². The molecule has 4 heteroatoms. The molecule has 0 aliphatic heterocycles. The first kappa shape index (κ1) is 18.1. The van der Waals surface area contributed by atoms with Crippen LogP contribution in [0.2, 0.25) is 0 Å². The van der Waals surface area contributed by atoms with Gasteiger partial charge in [-0.05, 0) is 91.4 Å². The van der Waals surface area contributed by atoms with E-state index in [0.717, 1.165) is 35.7 Å². The number of nitrogens with one attached hydrogen (secondary N) is 1. The maximum atomic E-state index is 12.2. The maximum absolute atomic E-state index is 12.2. The van der Waals surface area contributed by atoms with Crippen molar-refractivity contribution in [2.24, 2.45) is 0 Å². The highest BCUT2D eigenvalue weighted by Crippen LogP contribution is 2.26. The van der Waals surface area contributed by atoms with Crippen molar-refractivity contribution in [3.05, 3.63) is 83.4 Å². The molecule has 3 aromatic carbocycles. The van der Waals surface area contributed by atoms with Crippen LogP contribution < -0.4 is 14.8 Å². The number of benzene rings is 3. The van der Waals surface area contributed by atoms with Gasteiger partial charge in [0.05, 0.1) is 0 Å². The van der Waals surface area contributed by atoms with Gasteiger partial charge >= 0.3 is 0 Å². The molecule has 1 aliphatic rings. The minimum absolute atomic E-state index is 0.0136. The van der Waals surface area contributed by atoms with Crippen LogP contribution in [0, 0.1) is 6.92 Å². The zero-order valence-electron chi connectivity index (χ0n) is 15.9. The minimum Gasteiger partial charge on any atom is -0.484 e. The predicted molar refractivity (Wildman–Crippen MR) is 110 cm³/mol. The maximum Gasteiger partial charge on any atom is 0.262 e. The monoisotopic (exact) mass is 373 g/mol. The van der Waals surface area contributed by atoms with Gasteiger partial charge in [-0.2, -0.15) is 0 Å². The highest BCUT2D eigenvalue weighted by atomic mass is 16.5. The number of hydrogen-bond donors (Lipinski definition) is 1. The molecule has 0 heterocycles. The van der Waals surface area contributed by atoms with Crippen LogP contribution in [0.25, 0.3) is 0 Å². The lowest BCUT2D eigenvalue weighted by Gasteiger charge is -2.10. The fourth-order valence-electron chi connectivity index (χ4n) is 3.41. The van der Waals surface area contributed by atoms with E-state index in [4.69, 9.17) is 9.47 Å². The van der Waals surface area contributed by atoms with Gasteiger partial charge < -0.3 is 14.8 Å². The van der Waals surface area contributed by atoms with E-state index in [9.17, 15) is 4.79 Å². The molecule has 0 saturated heterocycles. The van der Waals surface area contributed by atoms with E-state index >= 15 is 0 Å². The van der Waals surface area contributed by atoms with Gasteiger partial charge in [-0.1, -0.05) is 18.2 Å². The summed E-state index contributed by atoms with van der Waals surface area (Å²) in [5.41, 5.74) is 4.58. The van der Waals surface area contributed by atoms with Crippen molar-refractivity contribution in [2.75, 3.05) is 11.9 Å². The number of ether oxygens (including phenoxy) is 2. The van der Waals surface area contributed by atoms with Crippen LogP contribution in [-0.2, 0) is 17.6 Å². The standard InChI is InChI=1S/C24H23NO3/c1-17-4-2-7-23(14-17)28-21-12-9-20(10-13-21)25-24(26)16-27-22-11-8-18-5-3-6-19(18)15-22/h2,4,7-15H,3,5-6,16H2,1H3,(H,25,26). The molecular weight excluding hydrogens is 350 g/mol. The fraction of sp³-hybridized carbons (Fsp3) is 0.208. The quantitative estimate of drug-likeness (QED) is 0.638. The first-order valence-electron chi connectivity index (χ1n) is 9.55. The molecule has 1 N–H and O–H groups in total. The number of aryl methyl sites for hydroxylation is 3. The summed E-state index contributed by atoms with van der Waals surface area (Å²) in [6.07, 6.45) is 3.43. The second-order valence-electron chi connectivity index (χ2n) is 7.06. The van der Waals surface area contributed by atoms with Crippen LogP contribution in [0.3, 0.4) is 0 Å². The van der Waals surface area contributed by atoms with Gasteiger partial charge in [0.15, 0.2) is 6.61 Å². The van der Waals surface area contributed by atoms with Crippen molar-refractivity contribution in [3.8, 4) is 17.2 Å². The second-order valence-corrected chi connectivity index (χ2v) is 7.06. The fourth-order valence-corrected chi connectivity index (χ4v) is 3.41. The zero-order valence-corrected chi connectivity index (χ0v) is 15.9. The van der Waals surface area contributed by atoms with Crippen molar-refractivity contribution < 1.29 is 14.3 Å². The number of rotatable bonds is 6. The lowest BCUT2D eigenvalue weighted by Crippen LogP contribution is -2.20. The van der Waals surface area contributed by atoms with Crippen molar-refractivity contribution in [2.45, 2.75) is 26.2 Å². The second kappa shape index (κ2) is 8.17. The molecule has 0 atom stereocenters. The number of hydrogen-bond acceptors (Lipinski definition) is 3. The molecule has 0 bridgehead atoms. The number of fused-ring (bicyclic) bond motifs is 1. The summed E-state index contributed by atoms with van der Waals surface area (Å²) < 4.78 is 11.5. The predicted octanol–water partition coefficient (Wildman–Crippen LogP) is 5.29. The lowest BCUT2D eigenvalue weighted by atomic mass is 10.1. The summed E-state index contributed by atoms with van der Waals surface area (Å²) in [4.78, 5) is 12.2. The summed E-state index contributed by atoms with van der Waals surface area (Å²) in [5.74, 6) is 2.07. The van der Waals surface area contributed by atoms with E-state index in [-0.39, 0.29) is 12.5 Å². The number of carbonyl (C=O) groups is 1. The average molecular weight is 373 g/mol. The van der Waals surface area contributed by atoms with E-state index in [0.29, 0.717) is 5.69 Å². The van der Waals surface area contributed by atoms with Gasteiger partial charge in [0.25, 0.3) is 5.91 Å². The molecule has 0 saturated carbocycles. The van der Waals surface area contributed by atoms with Crippen molar-refractivity contribution in [1.29, 1.82) is 0 Å². The van der Waals surface area contributed by atoms with Crippen LogP contribution in [0.15, 0.2) is 66.7 Å². The summed E-state index contributed by atoms with van der Waals surface area (Å²) in [7, 11) is 0. The Kier molecular flexibility index (Phi) is 5.29. The van der Waals surface area contributed by atoms with E-state index in [2.05, 4.69) is 11.4 Å². The van der Waals surface area contributed by atoms with Gasteiger partial charge in [0.1, 0.15) is 17.2 Å². The SMILES string of the molecule is Cc1cccc(Oc2ccc(NC(=O)COc3ccc4c(c3)CCC4)cc2)c1. The van der Waals surface area contributed by atoms with Crippen LogP contribution in [-0.4, -0.2) is 12.5 Å². The first-order chi connectivity index (χ1) is 13.7. The average Bonchev–Trinajstić information content (AvgIpc) is 3.16. The van der Waals surface area contributed by atoms with Gasteiger partial charge in [-0.15, -0.1) is 0 Å². The third-order valence-corrected chi connectivity index (χ3v) is 4.80. The van der Waals surface area contributed by atoms with Crippen molar-refractivity contribution >= 4 is 11.6 Å². The third-order valence-electron chi connectivity index (χ3n) is 4.80. The Balaban J connectivity index is 1.29. The van der Waals surface area contributed by atoms with E-state index in [1.165, 1.54) is 17.5 Å². The van der Waals surface area contributed by atoms with Crippen molar-refractivity contribution in [1.82, 2.24) is 0 Å². The summed E-state index contributed by atoms with van der Waals surface area (Å²) in [6, 6.07) is 21.3. The lowest BCUT2D eigenvalue weighted by molar-refractivity contribution is -0.118. The van der Waals surface area contributed by atoms with E-state index in [1.54, 1.807) is 0 Å². The Hall–Kier alpha value is -3.27. The largest absolute Gasteiger partial charge is 0.484 e. The molecule has 3 aromatic rings. The number of anilines is 1. The van der Waals surface area contributed by atoms with E-state index in [1.807, 2.05) is 67.6 Å². The molecule has 4 nitrogen and oxygen atoms in total. The Labute approximate surface area is 165 Å². The molecule has 0 radical (unpaired) electrons. The zero-order chi connectivity index (χ0) is 19.3. The van der Waals surface area contributed by atoms with Crippen LogP contribution in [0.4, 0.5) is 5.69 Å². The van der Waals surface area contributed by atoms with Gasteiger partial charge in [-0.3, -0.25) is 4.79 Å². The first-order valence-corrected chi connectivity index (χ1v) is 9.55. The molecule has 28 heavy (non-hydrogen) atoms. The Morgan fingerprint density at radius 2 is 1.68 bits per heavy atom. The summed E-state index contributed by atoms with van der Waals surface area (Å²) in [5, 5.41) is 2.85. The van der Waals surface area contributed by atoms with E-state index < -0.39 is 0 Å². The summed E-state index contributed by atoms with van der Waals surface area (Å²) in [6.45, 7) is 2.01. The molecule has 0 spiro atoms. The highest BCUT2D eigenvalue weighted by Gasteiger charge is 2.12. The molecule has 0 unspecified atom stereocenters. The number of amides is 1. The normalized spacial score (nSPS) is 12.3. The Morgan fingerprint density at radius 3 is 2.50 bits per heavy atom. The molecule has 1 aliphatic carbocycles. The number of carbonyl (C=O) groups excluding carboxylic acids is 1. The summed E-state index contributed by atoms with van der Waals surface area (Å²) >= 11 is 0. The highest BCUT2D eigenvalue weighted by molar-refractivity contribution is 5.91. The van der Waals surface area contributed by atoms with Gasteiger partial charge in [0, 0.05) is 5.69 Å². The molecular formula is C24H23NO3. The third kappa shape index (κ3) is 4.52.